The number of amides is 2. The average Bonchev–Trinajstić information content (AvgIpc) is 2.71. The minimum atomic E-state index is -1.14. The van der Waals surface area contributed by atoms with E-state index in [1.54, 1.807) is 0 Å². The monoisotopic (exact) mass is 388 g/mol. The van der Waals surface area contributed by atoms with Crippen molar-refractivity contribution < 1.29 is 33.7 Å². The van der Waals surface area contributed by atoms with Crippen LogP contribution in [0.15, 0.2) is 36.4 Å². The van der Waals surface area contributed by atoms with Gasteiger partial charge in [-0.1, -0.05) is 0 Å². The fraction of sp³-hybridized carbons (Fsp3) is 0.211. The molecule has 0 fully saturated rings. The van der Waals surface area contributed by atoms with Gasteiger partial charge in [0, 0.05) is 16.8 Å². The lowest BCUT2D eigenvalue weighted by molar-refractivity contribution is -0.135. The maximum Gasteiger partial charge on any atom is 0.322 e. The number of aliphatic carboxylic acids is 1. The number of ether oxygens (including phenoxy) is 3. The van der Waals surface area contributed by atoms with Gasteiger partial charge in [-0.15, -0.1) is 0 Å². The highest BCUT2D eigenvalue weighted by molar-refractivity contribution is 6.05. The van der Waals surface area contributed by atoms with Crippen LogP contribution in [-0.2, 0) is 4.79 Å². The molecule has 2 amide bonds. The summed E-state index contributed by atoms with van der Waals surface area (Å²) in [6.07, 6.45) is 0. The molecule has 0 aromatic heterocycles. The molecule has 28 heavy (non-hydrogen) atoms. The van der Waals surface area contributed by atoms with Gasteiger partial charge in [-0.3, -0.25) is 14.4 Å². The zero-order valence-electron chi connectivity index (χ0n) is 15.6. The normalized spacial score (nSPS) is 9.96. The molecule has 0 radical (unpaired) electrons. The van der Waals surface area contributed by atoms with Gasteiger partial charge in [0.25, 0.3) is 11.8 Å². The zero-order valence-corrected chi connectivity index (χ0v) is 15.6. The van der Waals surface area contributed by atoms with Gasteiger partial charge in [0.15, 0.2) is 11.5 Å². The number of carbonyl (C=O) groups excluding carboxylic acids is 2. The second-order valence-corrected chi connectivity index (χ2v) is 5.52. The topological polar surface area (TPSA) is 123 Å². The van der Waals surface area contributed by atoms with Crippen LogP contribution in [0, 0.1) is 0 Å². The van der Waals surface area contributed by atoms with Crippen molar-refractivity contribution in [2.75, 3.05) is 33.2 Å². The van der Waals surface area contributed by atoms with Gasteiger partial charge in [0.05, 0.1) is 21.3 Å². The number of methoxy groups -OCH3 is 3. The summed E-state index contributed by atoms with van der Waals surface area (Å²) < 4.78 is 15.7. The second-order valence-electron chi connectivity index (χ2n) is 5.52. The van der Waals surface area contributed by atoms with Crippen molar-refractivity contribution in [2.24, 2.45) is 0 Å². The fourth-order valence-electron chi connectivity index (χ4n) is 2.38. The number of carbonyl (C=O) groups is 3. The van der Waals surface area contributed by atoms with E-state index in [0.717, 1.165) is 0 Å². The highest BCUT2D eigenvalue weighted by Crippen LogP contribution is 2.38. The third-order valence-corrected chi connectivity index (χ3v) is 3.73. The Kier molecular flexibility index (Phi) is 6.80. The average molecular weight is 388 g/mol. The lowest BCUT2D eigenvalue weighted by Crippen LogP contribution is -2.29. The van der Waals surface area contributed by atoms with E-state index in [1.807, 2.05) is 0 Å². The Hall–Kier alpha value is -3.75. The molecule has 0 bridgehead atoms. The molecule has 2 aromatic carbocycles. The van der Waals surface area contributed by atoms with Gasteiger partial charge in [0.1, 0.15) is 6.54 Å². The van der Waals surface area contributed by atoms with Crippen molar-refractivity contribution >= 4 is 23.5 Å². The first-order valence-electron chi connectivity index (χ1n) is 8.11. The number of hydrogen-bond acceptors (Lipinski definition) is 6. The number of benzene rings is 2. The van der Waals surface area contributed by atoms with Crippen molar-refractivity contribution in [1.82, 2.24) is 5.32 Å². The van der Waals surface area contributed by atoms with Crippen molar-refractivity contribution in [2.45, 2.75) is 0 Å². The molecule has 9 nitrogen and oxygen atoms in total. The summed E-state index contributed by atoms with van der Waals surface area (Å²) in [5.41, 5.74) is 1.01. The molecule has 0 heterocycles. The quantitative estimate of drug-likeness (QED) is 0.630. The van der Waals surface area contributed by atoms with Gasteiger partial charge in [0.2, 0.25) is 5.75 Å². The molecule has 148 valence electrons. The van der Waals surface area contributed by atoms with Crippen molar-refractivity contribution in [3.8, 4) is 17.2 Å². The Balaban J connectivity index is 2.14. The van der Waals surface area contributed by atoms with Gasteiger partial charge in [-0.2, -0.15) is 0 Å². The molecule has 0 saturated carbocycles. The third kappa shape index (κ3) is 4.91. The molecular formula is C19H20N2O7. The maximum absolute atomic E-state index is 12.5. The first kappa shape index (κ1) is 20.6. The first-order valence-corrected chi connectivity index (χ1v) is 8.11. The van der Waals surface area contributed by atoms with E-state index < -0.39 is 24.3 Å². The molecule has 9 heteroatoms. The van der Waals surface area contributed by atoms with Crippen molar-refractivity contribution in [1.29, 1.82) is 0 Å². The molecule has 2 rings (SSSR count). The summed E-state index contributed by atoms with van der Waals surface area (Å²) in [6, 6.07) is 9.05. The van der Waals surface area contributed by atoms with Gasteiger partial charge < -0.3 is 30.0 Å². The SMILES string of the molecule is COc1cc(C(=O)Nc2ccc(C(=O)NCC(=O)O)cc2)cc(OC)c1OC. The smallest absolute Gasteiger partial charge is 0.322 e. The first-order chi connectivity index (χ1) is 13.4. The lowest BCUT2D eigenvalue weighted by atomic mass is 10.1. The number of carboxylic acid groups (broad SMARTS) is 1. The Labute approximate surface area is 161 Å². The molecule has 0 saturated heterocycles. The van der Waals surface area contributed by atoms with E-state index in [9.17, 15) is 14.4 Å². The van der Waals surface area contributed by atoms with Crippen LogP contribution in [0.2, 0.25) is 0 Å². The number of rotatable bonds is 8. The minimum absolute atomic E-state index is 0.270. The Morgan fingerprint density at radius 1 is 0.857 bits per heavy atom. The molecule has 0 atom stereocenters. The van der Waals surface area contributed by atoms with E-state index in [0.29, 0.717) is 22.9 Å². The molecular weight excluding hydrogens is 368 g/mol. The van der Waals surface area contributed by atoms with E-state index in [4.69, 9.17) is 19.3 Å². The molecule has 3 N–H and O–H groups in total. The Bertz CT molecular complexity index is 853. The summed E-state index contributed by atoms with van der Waals surface area (Å²) in [6.45, 7) is -0.474. The van der Waals surface area contributed by atoms with Gasteiger partial charge >= 0.3 is 5.97 Å². The molecule has 0 aliphatic heterocycles. The molecule has 0 spiro atoms. The summed E-state index contributed by atoms with van der Waals surface area (Å²) in [7, 11) is 4.37. The van der Waals surface area contributed by atoms with E-state index in [1.165, 1.54) is 57.7 Å². The molecule has 2 aromatic rings. The summed E-state index contributed by atoms with van der Waals surface area (Å²) in [5, 5.41) is 13.5. The summed E-state index contributed by atoms with van der Waals surface area (Å²) >= 11 is 0. The lowest BCUT2D eigenvalue weighted by Gasteiger charge is -2.14. The van der Waals surface area contributed by atoms with Crippen LogP contribution < -0.4 is 24.8 Å². The fourth-order valence-corrected chi connectivity index (χ4v) is 2.38. The number of hydrogen-bond donors (Lipinski definition) is 3. The maximum atomic E-state index is 12.5. The predicted molar refractivity (Wildman–Crippen MR) is 100 cm³/mol. The minimum Gasteiger partial charge on any atom is -0.493 e. The zero-order chi connectivity index (χ0) is 20.7. The highest BCUT2D eigenvalue weighted by atomic mass is 16.5. The number of nitrogens with one attached hydrogen (secondary N) is 2. The van der Waals surface area contributed by atoms with Crippen LogP contribution in [0.4, 0.5) is 5.69 Å². The van der Waals surface area contributed by atoms with Crippen LogP contribution in [0.5, 0.6) is 17.2 Å². The molecule has 0 unspecified atom stereocenters. The van der Waals surface area contributed by atoms with Gasteiger partial charge in [-0.05, 0) is 36.4 Å². The highest BCUT2D eigenvalue weighted by Gasteiger charge is 2.17. The molecule has 0 aliphatic rings. The van der Waals surface area contributed by atoms with E-state index in [2.05, 4.69) is 10.6 Å². The largest absolute Gasteiger partial charge is 0.493 e. The Morgan fingerprint density at radius 3 is 1.89 bits per heavy atom. The molecule has 0 aliphatic carbocycles. The van der Waals surface area contributed by atoms with Crippen LogP contribution >= 0.6 is 0 Å². The van der Waals surface area contributed by atoms with Crippen LogP contribution in [0.25, 0.3) is 0 Å². The Morgan fingerprint density at radius 2 is 1.43 bits per heavy atom. The second kappa shape index (κ2) is 9.26. The summed E-state index contributed by atoms with van der Waals surface area (Å²) in [4.78, 5) is 34.8. The van der Waals surface area contributed by atoms with E-state index >= 15 is 0 Å². The van der Waals surface area contributed by atoms with E-state index in [-0.39, 0.29) is 11.1 Å². The summed E-state index contributed by atoms with van der Waals surface area (Å²) in [5.74, 6) is -1.01. The van der Waals surface area contributed by atoms with Gasteiger partial charge in [-0.25, -0.2) is 0 Å². The standard InChI is InChI=1S/C19H20N2O7/c1-26-14-8-12(9-15(27-2)17(14)28-3)19(25)21-13-6-4-11(5-7-13)18(24)20-10-16(22)23/h4-9H,10H2,1-3H3,(H,20,24)(H,21,25)(H,22,23). The van der Waals surface area contributed by atoms with Crippen molar-refractivity contribution in [3.63, 3.8) is 0 Å². The third-order valence-electron chi connectivity index (χ3n) is 3.73. The number of anilines is 1. The van der Waals surface area contributed by atoms with Crippen molar-refractivity contribution in [3.05, 3.63) is 47.5 Å². The van der Waals surface area contributed by atoms with Crippen LogP contribution in [0.3, 0.4) is 0 Å². The number of carboxylic acids is 1. The van der Waals surface area contributed by atoms with Crippen LogP contribution in [0.1, 0.15) is 20.7 Å². The van der Waals surface area contributed by atoms with Crippen LogP contribution in [-0.4, -0.2) is 50.8 Å². The predicted octanol–water partition coefficient (Wildman–Crippen LogP) is 1.78.